The summed E-state index contributed by atoms with van der Waals surface area (Å²) in [4.78, 5) is 6.71. The fourth-order valence-electron chi connectivity index (χ4n) is 6.14. The van der Waals surface area contributed by atoms with Crippen LogP contribution in [-0.4, -0.2) is 36.4 Å². The molecule has 1 atom stereocenters. The van der Waals surface area contributed by atoms with E-state index in [0.29, 0.717) is 0 Å². The topological polar surface area (TPSA) is 31.6 Å². The van der Waals surface area contributed by atoms with Crippen LogP contribution in [-0.2, 0) is 28.4 Å². The summed E-state index contributed by atoms with van der Waals surface area (Å²) in [5.74, 6) is 0. The fraction of sp³-hybridized carbons (Fsp3) is 0.471. The van der Waals surface area contributed by atoms with Gasteiger partial charge in [-0.15, -0.1) is 9.24 Å². The van der Waals surface area contributed by atoms with E-state index in [1.54, 1.807) is 15.9 Å². The molecule has 41 heavy (non-hydrogen) atoms. The fourth-order valence-corrected chi connectivity index (χ4v) is 16.2. The van der Waals surface area contributed by atoms with E-state index in [1.165, 1.54) is 22.9 Å². The van der Waals surface area contributed by atoms with Gasteiger partial charge in [0.05, 0.1) is 8.07 Å². The molecule has 2 aromatic heterocycles. The van der Waals surface area contributed by atoms with Gasteiger partial charge in [0.25, 0.3) is 0 Å². The summed E-state index contributed by atoms with van der Waals surface area (Å²) in [6.45, 7) is 30.1. The van der Waals surface area contributed by atoms with Crippen molar-refractivity contribution in [2.75, 3.05) is 0 Å². The Bertz CT molecular complexity index is 1240. The van der Waals surface area contributed by atoms with Gasteiger partial charge in [-0.05, 0) is 39.7 Å². The Hall–Kier alpha value is -0.927. The van der Waals surface area contributed by atoms with Crippen LogP contribution >= 0.6 is 17.2 Å². The molecule has 7 heteroatoms. The smallest absolute Gasteiger partial charge is 0.367 e. The zero-order valence-electron chi connectivity index (χ0n) is 27.5. The van der Waals surface area contributed by atoms with Gasteiger partial charge in [-0.1, -0.05) is 88.7 Å². The van der Waals surface area contributed by atoms with Crippen molar-refractivity contribution in [2.24, 2.45) is 0 Å². The van der Waals surface area contributed by atoms with Gasteiger partial charge in [0, 0.05) is 38.0 Å². The summed E-state index contributed by atoms with van der Waals surface area (Å²) in [7, 11) is -0.153. The van der Waals surface area contributed by atoms with Crippen LogP contribution in [0.25, 0.3) is 0 Å². The van der Waals surface area contributed by atoms with Gasteiger partial charge in [0.15, 0.2) is 0 Å². The van der Waals surface area contributed by atoms with Gasteiger partial charge in [-0.25, -0.2) is 18.2 Å². The van der Waals surface area contributed by atoms with Gasteiger partial charge < -0.3 is 9.97 Å². The number of hydrogen-bond acceptors (Lipinski definition) is 0. The van der Waals surface area contributed by atoms with Crippen LogP contribution in [0.2, 0.25) is 39.3 Å². The van der Waals surface area contributed by atoms with Crippen molar-refractivity contribution in [1.29, 1.82) is 0 Å². The second kappa shape index (κ2) is 13.4. The summed E-state index contributed by atoms with van der Waals surface area (Å²) in [6.07, 6.45) is 9.70. The Morgan fingerprint density at radius 1 is 0.829 bits per heavy atom. The molecule has 0 fully saturated rings. The molecule has 0 spiro atoms. The van der Waals surface area contributed by atoms with Crippen molar-refractivity contribution in [3.63, 3.8) is 0 Å². The van der Waals surface area contributed by atoms with Crippen molar-refractivity contribution >= 4 is 43.7 Å². The minimum atomic E-state index is -1.62. The number of hydrogen-bond donors (Lipinski definition) is 2. The summed E-state index contributed by atoms with van der Waals surface area (Å²) in [5.41, 5.74) is 5.80. The largest absolute Gasteiger partial charge is 2.00 e. The zero-order chi connectivity index (χ0) is 30.1. The molecule has 0 aliphatic heterocycles. The molecule has 0 aliphatic rings. The van der Waals surface area contributed by atoms with Crippen molar-refractivity contribution in [3.05, 3.63) is 95.6 Å². The molecule has 2 N–H and O–H groups in total. The minimum Gasteiger partial charge on any atom is -0.367 e. The number of H-pyrrole nitrogens is 2. The first-order valence-electron chi connectivity index (χ1n) is 14.6. The standard InChI is InChI=1S/C29H49N2P2Si2.C5H5.Fe/c1-27(2,3)33(28(4,5)6)20-23-24(17-25(34(7,8)9)26(23)35(10,11)12)29(32,21-13-15-30-18-21)22-14-16-31-19-22;1-2-4-5-3-1;/h13-19,30-31H,20,32H2,1-12H3;1-5H;/q2*-1;+2. The van der Waals surface area contributed by atoms with Crippen LogP contribution in [0.3, 0.4) is 0 Å². The summed E-state index contributed by atoms with van der Waals surface area (Å²) < 4.78 is 0. The molecule has 0 aliphatic carbocycles. The van der Waals surface area contributed by atoms with Crippen LogP contribution in [0, 0.1) is 0 Å². The van der Waals surface area contributed by atoms with Gasteiger partial charge >= 0.3 is 17.1 Å². The maximum atomic E-state index is 3.36. The third-order valence-corrected chi connectivity index (χ3v) is 16.9. The Balaban J connectivity index is 0.000000883. The first kappa shape index (κ1) is 36.3. The van der Waals surface area contributed by atoms with Crippen molar-refractivity contribution in [3.8, 4) is 0 Å². The van der Waals surface area contributed by atoms with E-state index >= 15 is 0 Å². The second-order valence-corrected chi connectivity index (χ2v) is 30.0. The maximum absolute atomic E-state index is 3.36. The number of aromatic amines is 2. The average Bonchev–Trinajstić information content (AvgIpc) is 3.62. The quantitative estimate of drug-likeness (QED) is 0.112. The van der Waals surface area contributed by atoms with Crippen LogP contribution in [0.5, 0.6) is 0 Å². The first-order valence-corrected chi connectivity index (χ1v) is 23.7. The Labute approximate surface area is 267 Å². The SMILES string of the molecule is CC(C)(C)P(Cc1c(C(P)(c2cc[nH]c2)c2cc[nH]c2)cc([Si](C)(C)C)[c-]1[Si](C)(C)C)C(C)(C)C.[Fe+2].c1cc[cH-]c1. The Morgan fingerprint density at radius 3 is 1.59 bits per heavy atom. The normalized spacial score (nSPS) is 13.1. The summed E-state index contributed by atoms with van der Waals surface area (Å²) >= 11 is 0. The number of nitrogens with one attached hydrogen (secondary N) is 2. The second-order valence-electron chi connectivity index (χ2n) is 15.2. The van der Waals surface area contributed by atoms with Crippen LogP contribution in [0.1, 0.15) is 63.8 Å². The van der Waals surface area contributed by atoms with Gasteiger partial charge in [-0.2, -0.15) is 39.7 Å². The van der Waals surface area contributed by atoms with E-state index < -0.39 is 16.1 Å². The summed E-state index contributed by atoms with van der Waals surface area (Å²) in [6, 6.07) is 17.2. The van der Waals surface area contributed by atoms with E-state index in [4.69, 9.17) is 0 Å². The van der Waals surface area contributed by atoms with Crippen LogP contribution in [0.15, 0.2) is 73.3 Å². The molecule has 226 valence electrons. The third kappa shape index (κ3) is 8.38. The van der Waals surface area contributed by atoms with E-state index in [2.05, 4.69) is 143 Å². The summed E-state index contributed by atoms with van der Waals surface area (Å²) in [5, 5.41) is 3.73. The maximum Gasteiger partial charge on any atom is 2.00 e. The van der Waals surface area contributed by atoms with Gasteiger partial charge in [0.2, 0.25) is 0 Å². The molecule has 0 amide bonds. The molecule has 2 aromatic carbocycles. The third-order valence-electron chi connectivity index (χ3n) is 7.77. The van der Waals surface area contributed by atoms with E-state index in [1.807, 2.05) is 30.3 Å². The zero-order valence-corrected chi connectivity index (χ0v) is 32.7. The molecule has 2 nitrogen and oxygen atoms in total. The van der Waals surface area contributed by atoms with Crippen molar-refractivity contribution < 1.29 is 17.1 Å². The predicted molar refractivity (Wildman–Crippen MR) is 191 cm³/mol. The molecule has 0 radical (unpaired) electrons. The van der Waals surface area contributed by atoms with Gasteiger partial charge in [0.1, 0.15) is 0 Å². The van der Waals surface area contributed by atoms with Crippen LogP contribution in [0.4, 0.5) is 0 Å². The van der Waals surface area contributed by atoms with Crippen molar-refractivity contribution in [2.45, 2.75) is 102 Å². The average molecular weight is 665 g/mol. The number of aromatic nitrogens is 2. The first-order chi connectivity index (χ1) is 18.3. The monoisotopic (exact) mass is 664 g/mol. The minimum absolute atomic E-state index is 0. The van der Waals surface area contributed by atoms with Gasteiger partial charge in [-0.3, -0.25) is 0 Å². The Kier molecular flexibility index (Phi) is 11.8. The van der Waals surface area contributed by atoms with E-state index in [0.717, 1.165) is 0 Å². The Morgan fingerprint density at radius 2 is 1.29 bits per heavy atom. The molecular formula is C34H54FeN2P2Si2. The molecule has 2 heterocycles. The molecule has 1 unspecified atom stereocenters. The molecule has 0 bridgehead atoms. The predicted octanol–water partition coefficient (Wildman–Crippen LogP) is 9.30. The van der Waals surface area contributed by atoms with Crippen molar-refractivity contribution in [1.82, 2.24) is 9.97 Å². The van der Waals surface area contributed by atoms with Crippen LogP contribution < -0.4 is 10.4 Å². The molecule has 4 rings (SSSR count). The molecular weight excluding hydrogens is 610 g/mol. The number of rotatable bonds is 7. The molecule has 0 saturated heterocycles. The van der Waals surface area contributed by atoms with E-state index in [-0.39, 0.29) is 40.5 Å². The molecule has 0 saturated carbocycles. The molecule has 4 aromatic rings. The van der Waals surface area contributed by atoms with E-state index in [9.17, 15) is 0 Å².